The van der Waals surface area contributed by atoms with Crippen molar-refractivity contribution in [3.8, 4) is 0 Å². The first-order valence-corrected chi connectivity index (χ1v) is 8.40. The fraction of sp³-hybridized carbons (Fsp3) is 0.923. The lowest BCUT2D eigenvalue weighted by molar-refractivity contribution is -0.156. The summed E-state index contributed by atoms with van der Waals surface area (Å²) >= 11 is 0. The Morgan fingerprint density at radius 2 is 1.74 bits per heavy atom. The first kappa shape index (κ1) is 16.4. The van der Waals surface area contributed by atoms with Crippen LogP contribution >= 0.6 is 0 Å². The third kappa shape index (κ3) is 5.48. The molecule has 5 nitrogen and oxygen atoms in total. The molecule has 0 aromatic rings. The predicted octanol–water partition coefficient (Wildman–Crippen LogP) is 1.97. The molecule has 0 radical (unpaired) electrons. The van der Waals surface area contributed by atoms with Gasteiger partial charge >= 0.3 is 5.97 Å². The summed E-state index contributed by atoms with van der Waals surface area (Å²) in [5, 5.41) is -0.369. The number of sulfonamides is 1. The van der Waals surface area contributed by atoms with Crippen LogP contribution in [0.15, 0.2) is 0 Å². The number of ether oxygens (including phenoxy) is 1. The number of nitrogens with one attached hydrogen (secondary N) is 1. The Morgan fingerprint density at radius 1 is 1.21 bits per heavy atom. The van der Waals surface area contributed by atoms with Crippen LogP contribution in [0.4, 0.5) is 0 Å². The van der Waals surface area contributed by atoms with Crippen LogP contribution in [0.25, 0.3) is 0 Å². The summed E-state index contributed by atoms with van der Waals surface area (Å²) in [6.45, 7) is 6.79. The molecule has 1 aliphatic carbocycles. The second-order valence-corrected chi connectivity index (χ2v) is 8.17. The predicted molar refractivity (Wildman–Crippen MR) is 74.2 cm³/mol. The quantitative estimate of drug-likeness (QED) is 0.804. The number of hydrogen-bond donors (Lipinski definition) is 1. The molecule has 1 N–H and O–H groups in total. The highest BCUT2D eigenvalue weighted by Crippen LogP contribution is 2.23. The van der Waals surface area contributed by atoms with Gasteiger partial charge in [0.2, 0.25) is 10.0 Å². The topological polar surface area (TPSA) is 72.5 Å². The fourth-order valence-corrected chi connectivity index (χ4v) is 3.89. The average molecular weight is 291 g/mol. The van der Waals surface area contributed by atoms with E-state index >= 15 is 0 Å². The second-order valence-electron chi connectivity index (χ2n) is 6.18. The molecule has 1 rings (SSSR count). The van der Waals surface area contributed by atoms with Crippen LogP contribution in [-0.2, 0) is 19.6 Å². The lowest BCUT2D eigenvalue weighted by atomic mass is 10.0. The molecule has 1 atom stereocenters. The molecule has 1 saturated carbocycles. The first-order valence-electron chi connectivity index (χ1n) is 6.86. The van der Waals surface area contributed by atoms with E-state index in [0.717, 1.165) is 19.3 Å². The van der Waals surface area contributed by atoms with Crippen molar-refractivity contribution in [2.24, 2.45) is 0 Å². The van der Waals surface area contributed by atoms with Gasteiger partial charge in [0.1, 0.15) is 11.6 Å². The minimum atomic E-state index is -3.43. The van der Waals surface area contributed by atoms with Crippen molar-refractivity contribution in [2.75, 3.05) is 0 Å². The van der Waals surface area contributed by atoms with Crippen LogP contribution in [0, 0.1) is 0 Å². The smallest absolute Gasteiger partial charge is 0.324 e. The normalized spacial score (nSPS) is 20.0. The monoisotopic (exact) mass is 291 g/mol. The molecule has 6 heteroatoms. The summed E-state index contributed by atoms with van der Waals surface area (Å²) in [6.07, 6.45) is 4.32. The van der Waals surface area contributed by atoms with Crippen LogP contribution in [0.2, 0.25) is 0 Å². The third-order valence-corrected chi connectivity index (χ3v) is 5.12. The van der Waals surface area contributed by atoms with Crippen molar-refractivity contribution in [3.63, 3.8) is 0 Å². The molecule has 0 amide bonds. The number of carbonyl (C=O) groups is 1. The molecule has 0 spiro atoms. The highest BCUT2D eigenvalue weighted by molar-refractivity contribution is 7.90. The van der Waals surface area contributed by atoms with Gasteiger partial charge in [-0.05, 0) is 40.5 Å². The Hall–Kier alpha value is -0.620. The van der Waals surface area contributed by atoms with Gasteiger partial charge in [0, 0.05) is 0 Å². The number of hydrogen-bond acceptors (Lipinski definition) is 4. The van der Waals surface area contributed by atoms with E-state index in [4.69, 9.17) is 4.74 Å². The van der Waals surface area contributed by atoms with Crippen molar-refractivity contribution >= 4 is 16.0 Å². The van der Waals surface area contributed by atoms with Gasteiger partial charge in [0.15, 0.2) is 0 Å². The third-order valence-electron chi connectivity index (χ3n) is 3.09. The number of carbonyl (C=O) groups excluding carboxylic acids is 1. The molecule has 112 valence electrons. The Morgan fingerprint density at radius 3 is 2.21 bits per heavy atom. The highest BCUT2D eigenvalue weighted by Gasteiger charge is 2.31. The van der Waals surface area contributed by atoms with E-state index in [1.807, 2.05) is 0 Å². The first-order chi connectivity index (χ1) is 8.62. The minimum absolute atomic E-state index is 0.369. The van der Waals surface area contributed by atoms with Crippen molar-refractivity contribution in [3.05, 3.63) is 0 Å². The molecule has 0 aromatic heterocycles. The number of rotatable bonds is 4. The molecule has 0 heterocycles. The molecule has 0 aromatic carbocycles. The van der Waals surface area contributed by atoms with Crippen LogP contribution < -0.4 is 4.72 Å². The minimum Gasteiger partial charge on any atom is -0.459 e. The van der Waals surface area contributed by atoms with Crippen LogP contribution in [0.1, 0.15) is 59.8 Å². The zero-order chi connectivity index (χ0) is 14.7. The standard InChI is InChI=1S/C13H25NO4S/c1-10(12(15)18-13(2,3)4)14-19(16,17)11-8-6-5-7-9-11/h10-11,14H,5-9H2,1-4H3/t10-/m1/s1. The van der Waals surface area contributed by atoms with Gasteiger partial charge in [0.25, 0.3) is 0 Å². The van der Waals surface area contributed by atoms with E-state index < -0.39 is 27.6 Å². The van der Waals surface area contributed by atoms with Gasteiger partial charge in [0.05, 0.1) is 5.25 Å². The van der Waals surface area contributed by atoms with E-state index in [2.05, 4.69) is 4.72 Å². The Kier molecular flexibility index (Phi) is 5.38. The zero-order valence-electron chi connectivity index (χ0n) is 12.2. The van der Waals surface area contributed by atoms with Crippen molar-refractivity contribution in [2.45, 2.75) is 76.7 Å². The Bertz CT molecular complexity index is 405. The summed E-state index contributed by atoms with van der Waals surface area (Å²) in [4.78, 5) is 11.8. The average Bonchev–Trinajstić information content (AvgIpc) is 2.27. The van der Waals surface area contributed by atoms with Crippen molar-refractivity contribution in [1.82, 2.24) is 4.72 Å². The van der Waals surface area contributed by atoms with Gasteiger partial charge < -0.3 is 4.74 Å². The molecule has 0 saturated heterocycles. The Balaban J connectivity index is 2.59. The van der Waals surface area contributed by atoms with Gasteiger partial charge in [-0.1, -0.05) is 19.3 Å². The molecule has 1 fully saturated rings. The number of esters is 1. The molecule has 0 unspecified atom stereocenters. The van der Waals surface area contributed by atoms with E-state index in [1.54, 1.807) is 20.8 Å². The van der Waals surface area contributed by atoms with Gasteiger partial charge in [-0.3, -0.25) is 4.79 Å². The summed E-state index contributed by atoms with van der Waals surface area (Å²) < 4.78 is 31.9. The molecule has 0 aliphatic heterocycles. The lowest BCUT2D eigenvalue weighted by Crippen LogP contribution is -2.46. The van der Waals surface area contributed by atoms with Gasteiger partial charge in [-0.15, -0.1) is 0 Å². The lowest BCUT2D eigenvalue weighted by Gasteiger charge is -2.26. The summed E-state index contributed by atoms with van der Waals surface area (Å²) in [7, 11) is -3.43. The maximum atomic E-state index is 12.1. The zero-order valence-corrected chi connectivity index (χ0v) is 13.0. The molecular formula is C13H25NO4S. The summed E-state index contributed by atoms with van der Waals surface area (Å²) in [5.41, 5.74) is -0.610. The van der Waals surface area contributed by atoms with Crippen LogP contribution in [0.3, 0.4) is 0 Å². The fourth-order valence-electron chi connectivity index (χ4n) is 2.16. The second kappa shape index (κ2) is 6.22. The largest absolute Gasteiger partial charge is 0.459 e. The Labute approximate surface area is 116 Å². The highest BCUT2D eigenvalue weighted by atomic mass is 32.2. The maximum Gasteiger partial charge on any atom is 0.324 e. The maximum absolute atomic E-state index is 12.1. The van der Waals surface area contributed by atoms with Gasteiger partial charge in [-0.2, -0.15) is 0 Å². The van der Waals surface area contributed by atoms with Gasteiger partial charge in [-0.25, -0.2) is 13.1 Å². The molecule has 0 bridgehead atoms. The van der Waals surface area contributed by atoms with Crippen molar-refractivity contribution in [1.29, 1.82) is 0 Å². The van der Waals surface area contributed by atoms with Crippen molar-refractivity contribution < 1.29 is 17.9 Å². The summed E-state index contributed by atoms with van der Waals surface area (Å²) in [5.74, 6) is -0.535. The van der Waals surface area contributed by atoms with E-state index in [9.17, 15) is 13.2 Å². The van der Waals surface area contributed by atoms with E-state index in [-0.39, 0.29) is 5.25 Å². The molecular weight excluding hydrogens is 266 g/mol. The molecule has 19 heavy (non-hydrogen) atoms. The van der Waals surface area contributed by atoms with Crippen LogP contribution in [-0.4, -0.2) is 31.3 Å². The molecule has 1 aliphatic rings. The van der Waals surface area contributed by atoms with E-state index in [1.165, 1.54) is 6.92 Å². The van der Waals surface area contributed by atoms with Crippen LogP contribution in [0.5, 0.6) is 0 Å². The summed E-state index contributed by atoms with van der Waals surface area (Å²) in [6, 6.07) is -0.842. The SMILES string of the molecule is C[C@@H](NS(=O)(=O)C1CCCCC1)C(=O)OC(C)(C)C. The van der Waals surface area contributed by atoms with E-state index in [0.29, 0.717) is 12.8 Å².